The van der Waals surface area contributed by atoms with E-state index in [0.717, 1.165) is 0 Å². The van der Waals surface area contributed by atoms with Gasteiger partial charge in [0.15, 0.2) is 0 Å². The Labute approximate surface area is 127 Å². The van der Waals surface area contributed by atoms with E-state index in [1.807, 2.05) is 0 Å². The van der Waals surface area contributed by atoms with E-state index >= 15 is 0 Å². The Balaban J connectivity index is 2.19. The molecule has 0 saturated carbocycles. The third-order valence-electron chi connectivity index (χ3n) is 2.57. The van der Waals surface area contributed by atoms with Crippen molar-refractivity contribution < 1.29 is 9.53 Å². The molecule has 0 aliphatic heterocycles. The topological polar surface area (TPSA) is 79.4 Å². The lowest BCUT2D eigenvalue weighted by molar-refractivity contribution is 0.0523. The summed E-state index contributed by atoms with van der Waals surface area (Å²) in [5.74, 6) is 0. The Hall–Kier alpha value is -2.26. The van der Waals surface area contributed by atoms with Crippen LogP contribution in [0.4, 0.5) is 4.79 Å². The molecule has 0 saturated heterocycles. The predicted octanol–water partition coefficient (Wildman–Crippen LogP) is 2.88. The molecule has 110 valence electrons. The van der Waals surface area contributed by atoms with Crippen LogP contribution < -0.4 is 5.32 Å². The van der Waals surface area contributed by atoms with Gasteiger partial charge in [-0.2, -0.15) is 5.26 Å². The molecule has 2 rings (SSSR count). The van der Waals surface area contributed by atoms with Crippen molar-refractivity contribution in [3.63, 3.8) is 0 Å². The molecule has 0 aliphatic rings. The maximum absolute atomic E-state index is 11.6. The number of nitrogens with zero attached hydrogens (tertiary/aromatic N) is 3. The van der Waals surface area contributed by atoms with Crippen molar-refractivity contribution in [2.24, 2.45) is 0 Å². The highest BCUT2D eigenvalue weighted by Crippen LogP contribution is 2.16. The summed E-state index contributed by atoms with van der Waals surface area (Å²) in [5, 5.41) is 12.4. The number of alkyl carbamates (subject to hydrolysis) is 1. The minimum absolute atomic E-state index is 0.108. The summed E-state index contributed by atoms with van der Waals surface area (Å²) < 4.78 is 6.76. The van der Waals surface area contributed by atoms with Crippen LogP contribution in [0.2, 0.25) is 5.02 Å². The Morgan fingerprint density at radius 3 is 2.90 bits per heavy atom. The molecule has 2 aromatic rings. The molecule has 0 radical (unpaired) electrons. The van der Waals surface area contributed by atoms with Gasteiger partial charge in [0.1, 0.15) is 23.0 Å². The summed E-state index contributed by atoms with van der Waals surface area (Å²) in [5.41, 5.74) is 0.803. The van der Waals surface area contributed by atoms with Gasteiger partial charge in [-0.15, -0.1) is 0 Å². The molecule has 6 nitrogen and oxygen atoms in total. The van der Waals surface area contributed by atoms with Gasteiger partial charge in [0, 0.05) is 17.3 Å². The number of carbonyl (C=O) groups is 1. The molecule has 0 bridgehead atoms. The van der Waals surface area contributed by atoms with Gasteiger partial charge in [-0.3, -0.25) is 4.40 Å². The van der Waals surface area contributed by atoms with Crippen molar-refractivity contribution in [1.29, 1.82) is 5.26 Å². The van der Waals surface area contributed by atoms with Crippen molar-refractivity contribution in [3.8, 4) is 6.07 Å². The first-order valence-corrected chi connectivity index (χ1v) is 6.71. The highest BCUT2D eigenvalue weighted by molar-refractivity contribution is 6.30. The summed E-state index contributed by atoms with van der Waals surface area (Å²) in [4.78, 5) is 15.9. The molecule has 0 fully saturated rings. The number of hydrogen-bond acceptors (Lipinski definition) is 4. The monoisotopic (exact) mass is 306 g/mol. The van der Waals surface area contributed by atoms with Crippen LogP contribution in [0, 0.1) is 11.3 Å². The van der Waals surface area contributed by atoms with Crippen molar-refractivity contribution in [2.75, 3.05) is 0 Å². The van der Waals surface area contributed by atoms with E-state index in [1.54, 1.807) is 43.5 Å². The van der Waals surface area contributed by atoms with Gasteiger partial charge in [0.25, 0.3) is 0 Å². The van der Waals surface area contributed by atoms with Crippen LogP contribution in [0.5, 0.6) is 0 Å². The standard InChI is InChI=1S/C14H15ClN4O2/c1-14(2,3)21-13(20)17-8-10-11(7-16)19-5-4-9(15)6-12(19)18-10/h4-6H,8H2,1-3H3,(H,17,20). The summed E-state index contributed by atoms with van der Waals surface area (Å²) in [6, 6.07) is 5.40. The number of amides is 1. The normalized spacial score (nSPS) is 11.2. The first-order chi connectivity index (χ1) is 9.80. The number of nitrogens with one attached hydrogen (secondary N) is 1. The van der Waals surface area contributed by atoms with E-state index in [9.17, 15) is 10.1 Å². The quantitative estimate of drug-likeness (QED) is 0.925. The van der Waals surface area contributed by atoms with Crippen LogP contribution in [0.15, 0.2) is 18.3 Å². The van der Waals surface area contributed by atoms with E-state index < -0.39 is 11.7 Å². The van der Waals surface area contributed by atoms with Gasteiger partial charge < -0.3 is 10.1 Å². The van der Waals surface area contributed by atoms with Crippen LogP contribution in [0.25, 0.3) is 5.65 Å². The lowest BCUT2D eigenvalue weighted by Crippen LogP contribution is -2.32. The minimum Gasteiger partial charge on any atom is -0.444 e. The first kappa shape index (κ1) is 15.1. The van der Waals surface area contributed by atoms with Crippen molar-refractivity contribution in [3.05, 3.63) is 34.7 Å². The Morgan fingerprint density at radius 1 is 1.57 bits per heavy atom. The maximum atomic E-state index is 11.6. The smallest absolute Gasteiger partial charge is 0.407 e. The molecule has 0 unspecified atom stereocenters. The van der Waals surface area contributed by atoms with E-state index in [0.29, 0.717) is 22.1 Å². The summed E-state index contributed by atoms with van der Waals surface area (Å²) >= 11 is 5.90. The SMILES string of the molecule is CC(C)(C)OC(=O)NCc1nc2cc(Cl)ccn2c1C#N. The Morgan fingerprint density at radius 2 is 2.29 bits per heavy atom. The lowest BCUT2D eigenvalue weighted by Gasteiger charge is -2.19. The van der Waals surface area contributed by atoms with E-state index in [2.05, 4.69) is 16.4 Å². The average molecular weight is 307 g/mol. The number of halogens is 1. The van der Waals surface area contributed by atoms with Crippen LogP contribution in [-0.2, 0) is 11.3 Å². The number of nitriles is 1. The van der Waals surface area contributed by atoms with Gasteiger partial charge in [-0.25, -0.2) is 9.78 Å². The van der Waals surface area contributed by atoms with Crippen LogP contribution in [0.3, 0.4) is 0 Å². The zero-order valence-corrected chi connectivity index (χ0v) is 12.7. The highest BCUT2D eigenvalue weighted by atomic mass is 35.5. The predicted molar refractivity (Wildman–Crippen MR) is 78.0 cm³/mol. The van der Waals surface area contributed by atoms with E-state index in [1.165, 1.54) is 0 Å². The number of imidazole rings is 1. The molecule has 1 N–H and O–H groups in total. The molecule has 0 aliphatic carbocycles. The third kappa shape index (κ3) is 3.64. The number of carbonyl (C=O) groups excluding carboxylic acids is 1. The second kappa shape index (κ2) is 5.62. The van der Waals surface area contributed by atoms with Crippen LogP contribution in [-0.4, -0.2) is 21.1 Å². The number of hydrogen-bond donors (Lipinski definition) is 1. The summed E-state index contributed by atoms with van der Waals surface area (Å²) in [7, 11) is 0. The van der Waals surface area contributed by atoms with Gasteiger partial charge in [0.05, 0.1) is 12.2 Å². The van der Waals surface area contributed by atoms with Crippen molar-refractivity contribution in [1.82, 2.24) is 14.7 Å². The lowest BCUT2D eigenvalue weighted by atomic mass is 10.2. The molecule has 1 amide bonds. The number of rotatable bonds is 2. The van der Waals surface area contributed by atoms with Crippen LogP contribution >= 0.6 is 11.6 Å². The average Bonchev–Trinajstić information content (AvgIpc) is 2.70. The second-order valence-electron chi connectivity index (χ2n) is 5.45. The van der Waals surface area contributed by atoms with Gasteiger partial charge in [-0.05, 0) is 26.8 Å². The molecule has 7 heteroatoms. The molecule has 0 spiro atoms. The largest absolute Gasteiger partial charge is 0.444 e. The number of fused-ring (bicyclic) bond motifs is 1. The maximum Gasteiger partial charge on any atom is 0.407 e. The second-order valence-corrected chi connectivity index (χ2v) is 5.88. The molecular formula is C14H15ClN4O2. The van der Waals surface area contributed by atoms with E-state index in [-0.39, 0.29) is 6.54 Å². The zero-order chi connectivity index (χ0) is 15.6. The molecular weight excluding hydrogens is 292 g/mol. The number of pyridine rings is 1. The third-order valence-corrected chi connectivity index (χ3v) is 2.80. The van der Waals surface area contributed by atoms with Gasteiger partial charge in [0.2, 0.25) is 0 Å². The molecule has 2 aromatic heterocycles. The fraction of sp³-hybridized carbons (Fsp3) is 0.357. The summed E-state index contributed by atoms with van der Waals surface area (Å²) in [6.07, 6.45) is 1.11. The van der Waals surface area contributed by atoms with Crippen molar-refractivity contribution in [2.45, 2.75) is 32.9 Å². The summed E-state index contributed by atoms with van der Waals surface area (Å²) in [6.45, 7) is 5.44. The zero-order valence-electron chi connectivity index (χ0n) is 12.0. The molecule has 0 aromatic carbocycles. The van der Waals surface area contributed by atoms with Crippen LogP contribution in [0.1, 0.15) is 32.2 Å². The number of ether oxygens (including phenoxy) is 1. The Kier molecular flexibility index (Phi) is 4.05. The Bertz CT molecular complexity index is 725. The number of aromatic nitrogens is 2. The molecule has 2 heterocycles. The fourth-order valence-electron chi connectivity index (χ4n) is 1.78. The first-order valence-electron chi connectivity index (χ1n) is 6.33. The molecule has 21 heavy (non-hydrogen) atoms. The minimum atomic E-state index is -0.575. The highest BCUT2D eigenvalue weighted by Gasteiger charge is 2.17. The molecule has 0 atom stereocenters. The van der Waals surface area contributed by atoms with E-state index in [4.69, 9.17) is 16.3 Å². The fourth-order valence-corrected chi connectivity index (χ4v) is 1.93. The van der Waals surface area contributed by atoms with Crippen molar-refractivity contribution >= 4 is 23.3 Å². The van der Waals surface area contributed by atoms with Gasteiger partial charge in [-0.1, -0.05) is 11.6 Å². The van der Waals surface area contributed by atoms with Gasteiger partial charge >= 0.3 is 6.09 Å².